The Balaban J connectivity index is 1.77. The SMILES string of the molecule is CC(C)(C)[S@@+]([O-])N[C@@H](COC(C)(C)C(F)(F)F)c1nc2cc([C@@H](C3CC3)N3CC(F)(F)CNC3=O)ccc2n1COCC[Si](C)(C)C. The number of ether oxygens (including phenoxy) is 2. The number of aromatic nitrogens is 2. The quantitative estimate of drug-likeness (QED) is 0.0957. The molecule has 1 aromatic carbocycles. The van der Waals surface area contributed by atoms with Gasteiger partial charge in [0.15, 0.2) is 5.60 Å². The summed E-state index contributed by atoms with van der Waals surface area (Å²) in [7, 11) is -1.44. The minimum atomic E-state index is -4.66. The van der Waals surface area contributed by atoms with Crippen LogP contribution >= 0.6 is 0 Å². The number of fused-ring (bicyclic) bond motifs is 1. The number of urea groups is 1. The van der Waals surface area contributed by atoms with E-state index in [1.165, 1.54) is 4.90 Å². The number of imidazole rings is 1. The smallest absolute Gasteiger partial charge is 0.416 e. The van der Waals surface area contributed by atoms with Crippen molar-refractivity contribution in [3.05, 3.63) is 29.6 Å². The van der Waals surface area contributed by atoms with Crippen LogP contribution in [-0.2, 0) is 27.6 Å². The highest BCUT2D eigenvalue weighted by atomic mass is 32.2. The van der Waals surface area contributed by atoms with Gasteiger partial charge in [-0.25, -0.2) is 18.6 Å². The largest absolute Gasteiger partial charge is 0.598 e. The molecule has 0 spiro atoms. The summed E-state index contributed by atoms with van der Waals surface area (Å²) in [4.78, 5) is 18.8. The van der Waals surface area contributed by atoms with Crippen LogP contribution in [0.25, 0.3) is 11.0 Å². The molecular formula is C31H48F5N5O4SSi. The third-order valence-corrected chi connectivity index (χ3v) is 11.7. The first-order valence-electron chi connectivity index (χ1n) is 15.9. The molecule has 4 rings (SSSR count). The fourth-order valence-corrected chi connectivity index (χ4v) is 6.69. The molecule has 2 aromatic rings. The highest BCUT2D eigenvalue weighted by Gasteiger charge is 2.50. The molecule has 16 heteroatoms. The van der Waals surface area contributed by atoms with Gasteiger partial charge in [-0.05, 0) is 77.1 Å². The Morgan fingerprint density at radius 2 is 1.83 bits per heavy atom. The summed E-state index contributed by atoms with van der Waals surface area (Å²) in [6.07, 6.45) is -3.11. The molecule has 1 aromatic heterocycles. The van der Waals surface area contributed by atoms with Crippen molar-refractivity contribution in [3.63, 3.8) is 0 Å². The van der Waals surface area contributed by atoms with Crippen molar-refractivity contribution in [1.82, 2.24) is 24.5 Å². The van der Waals surface area contributed by atoms with Crippen molar-refractivity contribution >= 4 is 36.5 Å². The van der Waals surface area contributed by atoms with Gasteiger partial charge in [0.2, 0.25) is 0 Å². The number of carbonyl (C=O) groups is 1. The lowest BCUT2D eigenvalue weighted by atomic mass is 9.99. The van der Waals surface area contributed by atoms with Crippen LogP contribution in [-0.4, -0.2) is 81.9 Å². The van der Waals surface area contributed by atoms with Crippen molar-refractivity contribution < 1.29 is 40.8 Å². The highest BCUT2D eigenvalue weighted by Crippen LogP contribution is 2.46. The number of nitrogens with one attached hydrogen (secondary N) is 2. The molecule has 47 heavy (non-hydrogen) atoms. The predicted octanol–water partition coefficient (Wildman–Crippen LogP) is 6.91. The van der Waals surface area contributed by atoms with Crippen molar-refractivity contribution in [1.29, 1.82) is 0 Å². The topological polar surface area (TPSA) is 104 Å². The van der Waals surface area contributed by atoms with E-state index in [2.05, 4.69) is 29.7 Å². The summed E-state index contributed by atoms with van der Waals surface area (Å²) in [5.41, 5.74) is -0.851. The third kappa shape index (κ3) is 9.59. The predicted molar refractivity (Wildman–Crippen MR) is 174 cm³/mol. The van der Waals surface area contributed by atoms with Crippen molar-refractivity contribution in [2.75, 3.05) is 26.3 Å². The zero-order valence-electron chi connectivity index (χ0n) is 28.4. The molecule has 1 saturated heterocycles. The number of nitrogens with zero attached hydrogens (tertiary/aromatic N) is 3. The number of hydrogen-bond donors (Lipinski definition) is 2. The van der Waals surface area contributed by atoms with Crippen LogP contribution in [0.4, 0.5) is 26.7 Å². The minimum Gasteiger partial charge on any atom is -0.598 e. The van der Waals surface area contributed by atoms with E-state index >= 15 is 0 Å². The first-order chi connectivity index (χ1) is 21.5. The number of benzene rings is 1. The molecular weight excluding hydrogens is 662 g/mol. The van der Waals surface area contributed by atoms with Crippen molar-refractivity contribution in [2.24, 2.45) is 5.92 Å². The summed E-state index contributed by atoms with van der Waals surface area (Å²) in [6, 6.07) is 3.94. The normalized spacial score (nSPS) is 20.0. The molecule has 9 nitrogen and oxygen atoms in total. The van der Waals surface area contributed by atoms with Crippen LogP contribution < -0.4 is 10.0 Å². The number of halogens is 5. The monoisotopic (exact) mass is 709 g/mol. The lowest BCUT2D eigenvalue weighted by Gasteiger charge is -2.38. The maximum atomic E-state index is 14.4. The molecule has 3 atom stereocenters. The molecule has 0 radical (unpaired) electrons. The molecule has 266 valence electrons. The van der Waals surface area contributed by atoms with Crippen LogP contribution in [0.5, 0.6) is 0 Å². The van der Waals surface area contributed by atoms with E-state index in [0.717, 1.165) is 32.7 Å². The Kier molecular flexibility index (Phi) is 11.1. The number of amides is 2. The molecule has 2 amide bonds. The Labute approximate surface area is 277 Å². The summed E-state index contributed by atoms with van der Waals surface area (Å²) < 4.78 is 98.9. The Hall–Kier alpha value is -1.98. The zero-order valence-corrected chi connectivity index (χ0v) is 30.2. The van der Waals surface area contributed by atoms with Crippen LogP contribution in [0.2, 0.25) is 25.7 Å². The second-order valence-electron chi connectivity index (χ2n) is 15.3. The van der Waals surface area contributed by atoms with E-state index in [0.29, 0.717) is 23.2 Å². The van der Waals surface area contributed by atoms with Crippen LogP contribution in [0.15, 0.2) is 18.2 Å². The summed E-state index contributed by atoms with van der Waals surface area (Å²) in [5, 5.41) is 2.30. The van der Waals surface area contributed by atoms with Gasteiger partial charge in [-0.2, -0.15) is 13.2 Å². The third-order valence-electron chi connectivity index (χ3n) is 8.34. The van der Waals surface area contributed by atoms with Gasteiger partial charge in [-0.3, -0.25) is 0 Å². The van der Waals surface area contributed by atoms with Gasteiger partial charge in [0, 0.05) is 26.0 Å². The first kappa shape index (κ1) is 37.8. The minimum absolute atomic E-state index is 0.000163. The van der Waals surface area contributed by atoms with E-state index in [4.69, 9.17) is 14.5 Å². The van der Waals surface area contributed by atoms with Gasteiger partial charge in [0.25, 0.3) is 5.92 Å². The lowest BCUT2D eigenvalue weighted by Crippen LogP contribution is -2.58. The van der Waals surface area contributed by atoms with E-state index < -0.39 is 79.7 Å². The van der Waals surface area contributed by atoms with Crippen LogP contribution in [0, 0.1) is 5.92 Å². The number of rotatable bonds is 14. The van der Waals surface area contributed by atoms with E-state index in [1.807, 2.05) is 0 Å². The van der Waals surface area contributed by atoms with Gasteiger partial charge >= 0.3 is 12.2 Å². The Morgan fingerprint density at radius 1 is 1.17 bits per heavy atom. The fourth-order valence-electron chi connectivity index (χ4n) is 5.15. The molecule has 2 N–H and O–H groups in total. The van der Waals surface area contributed by atoms with Crippen LogP contribution in [0.3, 0.4) is 0 Å². The molecule has 2 heterocycles. The maximum absolute atomic E-state index is 14.4. The van der Waals surface area contributed by atoms with E-state index in [-0.39, 0.29) is 18.5 Å². The summed E-state index contributed by atoms with van der Waals surface area (Å²) in [6.45, 7) is 12.3. The van der Waals surface area contributed by atoms with Crippen LogP contribution in [0.1, 0.15) is 70.9 Å². The maximum Gasteiger partial charge on any atom is 0.416 e. The zero-order chi connectivity index (χ0) is 35.2. The molecule has 2 fully saturated rings. The lowest BCUT2D eigenvalue weighted by molar-refractivity contribution is -0.265. The molecule has 0 unspecified atom stereocenters. The van der Waals surface area contributed by atoms with E-state index in [1.54, 1.807) is 43.5 Å². The molecule has 1 aliphatic heterocycles. The number of hydrogen-bond acceptors (Lipinski definition) is 6. The van der Waals surface area contributed by atoms with Gasteiger partial charge < -0.3 is 28.8 Å². The Morgan fingerprint density at radius 3 is 2.40 bits per heavy atom. The van der Waals surface area contributed by atoms with Gasteiger partial charge in [0.1, 0.15) is 23.3 Å². The molecule has 0 bridgehead atoms. The van der Waals surface area contributed by atoms with Gasteiger partial charge in [-0.15, -0.1) is 4.72 Å². The summed E-state index contributed by atoms with van der Waals surface area (Å²) >= 11 is -1.71. The average molecular weight is 710 g/mol. The standard InChI is InChI=1S/C31H48F5N5O4SSi/c1-28(2,3)46(43)39-23(16-45-29(4,5)31(34,35)36)26-38-22-15-21(11-12-24(22)41(26)19-44-13-14-47(6,7)8)25(20-9-10-20)40-18-30(32,33)17-37-27(40)42/h11-12,15,20,23,25,39H,9-10,13-14,16-19H2,1-8H3,(H,37,42)/t23-,25+,46+/m0/s1. The first-order valence-corrected chi connectivity index (χ1v) is 20.7. The van der Waals surface area contributed by atoms with Crippen molar-refractivity contribution in [2.45, 2.75) is 114 Å². The highest BCUT2D eigenvalue weighted by molar-refractivity contribution is 7.90. The fraction of sp³-hybridized carbons (Fsp3) is 0.742. The second-order valence-corrected chi connectivity index (χ2v) is 22.9. The molecule has 1 aliphatic carbocycles. The molecule has 1 saturated carbocycles. The average Bonchev–Trinajstić information content (AvgIpc) is 3.69. The number of carbonyl (C=O) groups excluding carboxylic acids is 1. The Bertz CT molecular complexity index is 1410. The summed E-state index contributed by atoms with van der Waals surface area (Å²) in [5.74, 6) is -2.83. The van der Waals surface area contributed by atoms with E-state index in [9.17, 15) is 31.3 Å². The second kappa shape index (κ2) is 13.7. The molecule has 2 aliphatic rings. The van der Waals surface area contributed by atoms with Gasteiger partial charge in [-0.1, -0.05) is 25.7 Å². The van der Waals surface area contributed by atoms with Crippen molar-refractivity contribution in [3.8, 4) is 0 Å². The van der Waals surface area contributed by atoms with Gasteiger partial charge in [0.05, 0.1) is 36.8 Å². The number of alkyl halides is 5.